The molecule has 152 valence electrons. The van der Waals surface area contributed by atoms with Crippen LogP contribution in [0.1, 0.15) is 27.8 Å². The Kier molecular flexibility index (Phi) is 4.97. The van der Waals surface area contributed by atoms with Crippen LogP contribution in [-0.4, -0.2) is 42.9 Å². The molecule has 0 aliphatic heterocycles. The molecule has 10 heteroatoms. The summed E-state index contributed by atoms with van der Waals surface area (Å²) in [7, 11) is 1.56. The maximum absolute atomic E-state index is 13.5. The van der Waals surface area contributed by atoms with Crippen LogP contribution in [-0.2, 0) is 11.8 Å². The highest BCUT2D eigenvalue weighted by atomic mass is 19.1. The van der Waals surface area contributed by atoms with Crippen LogP contribution in [0, 0.1) is 5.82 Å². The Bertz CT molecular complexity index is 1260. The minimum atomic E-state index is -0.622. The van der Waals surface area contributed by atoms with Crippen LogP contribution in [0.2, 0.25) is 0 Å². The van der Waals surface area contributed by atoms with E-state index in [-0.39, 0.29) is 23.7 Å². The number of aryl methyl sites for hydroxylation is 1. The van der Waals surface area contributed by atoms with E-state index >= 15 is 0 Å². The Hall–Kier alpha value is -4.08. The Morgan fingerprint density at radius 1 is 1.23 bits per heavy atom. The van der Waals surface area contributed by atoms with Crippen LogP contribution in [0.3, 0.4) is 0 Å². The van der Waals surface area contributed by atoms with E-state index in [1.165, 1.54) is 27.5 Å². The molecule has 3 aromatic heterocycles. The molecule has 0 aliphatic rings. The molecule has 1 amide bonds. The monoisotopic (exact) mass is 408 g/mol. The van der Waals surface area contributed by atoms with Gasteiger partial charge in [0.15, 0.2) is 11.5 Å². The zero-order chi connectivity index (χ0) is 21.3. The predicted molar refractivity (Wildman–Crippen MR) is 105 cm³/mol. The Labute approximate surface area is 170 Å². The average molecular weight is 408 g/mol. The lowest BCUT2D eigenvalue weighted by Crippen LogP contribution is -2.20. The SMILES string of the molecule is CCOC(=O)c1cnn(C)c1C(=O)Nc1ccn2nc(-c3cccc(F)c3)nc2c1. The summed E-state index contributed by atoms with van der Waals surface area (Å²) < 4.78 is 21.3. The molecule has 0 radical (unpaired) electrons. The molecule has 0 unspecified atom stereocenters. The van der Waals surface area contributed by atoms with Gasteiger partial charge >= 0.3 is 5.97 Å². The summed E-state index contributed by atoms with van der Waals surface area (Å²) in [5.41, 5.74) is 1.60. The van der Waals surface area contributed by atoms with E-state index in [1.807, 2.05) is 0 Å². The number of hydrogen-bond donors (Lipinski definition) is 1. The Balaban J connectivity index is 1.61. The van der Waals surface area contributed by atoms with E-state index in [0.29, 0.717) is 22.7 Å². The van der Waals surface area contributed by atoms with E-state index in [0.717, 1.165) is 0 Å². The number of esters is 1. The molecule has 4 aromatic rings. The molecule has 0 saturated heterocycles. The molecule has 4 rings (SSSR count). The second kappa shape index (κ2) is 7.74. The van der Waals surface area contributed by atoms with Gasteiger partial charge in [-0.25, -0.2) is 18.7 Å². The van der Waals surface area contributed by atoms with Gasteiger partial charge in [0.1, 0.15) is 17.1 Å². The number of benzene rings is 1. The highest BCUT2D eigenvalue weighted by Gasteiger charge is 2.23. The van der Waals surface area contributed by atoms with Crippen LogP contribution in [0.5, 0.6) is 0 Å². The van der Waals surface area contributed by atoms with Crippen LogP contribution in [0.15, 0.2) is 48.8 Å². The number of ether oxygens (including phenoxy) is 1. The van der Waals surface area contributed by atoms with Crippen LogP contribution >= 0.6 is 0 Å². The van der Waals surface area contributed by atoms with Gasteiger partial charge in [0.2, 0.25) is 0 Å². The van der Waals surface area contributed by atoms with Gasteiger partial charge in [-0.1, -0.05) is 12.1 Å². The molecule has 0 aliphatic carbocycles. The minimum absolute atomic E-state index is 0.0776. The fraction of sp³-hybridized carbons (Fsp3) is 0.150. The van der Waals surface area contributed by atoms with Gasteiger partial charge in [0, 0.05) is 30.6 Å². The third kappa shape index (κ3) is 3.62. The van der Waals surface area contributed by atoms with Gasteiger partial charge < -0.3 is 10.1 Å². The van der Waals surface area contributed by atoms with Crippen molar-refractivity contribution in [1.82, 2.24) is 24.4 Å². The maximum Gasteiger partial charge on any atom is 0.342 e. The van der Waals surface area contributed by atoms with E-state index < -0.39 is 11.9 Å². The number of rotatable bonds is 5. The van der Waals surface area contributed by atoms with E-state index in [9.17, 15) is 14.0 Å². The summed E-state index contributed by atoms with van der Waals surface area (Å²) in [5, 5.41) is 11.0. The van der Waals surface area contributed by atoms with Crippen molar-refractivity contribution >= 4 is 23.2 Å². The zero-order valence-electron chi connectivity index (χ0n) is 16.2. The first kappa shape index (κ1) is 19.2. The van der Waals surface area contributed by atoms with Crippen molar-refractivity contribution in [3.63, 3.8) is 0 Å². The number of fused-ring (bicyclic) bond motifs is 1. The fourth-order valence-corrected chi connectivity index (χ4v) is 2.96. The lowest BCUT2D eigenvalue weighted by molar-refractivity contribution is 0.0523. The van der Waals surface area contributed by atoms with Crippen LogP contribution in [0.25, 0.3) is 17.0 Å². The van der Waals surface area contributed by atoms with Crippen LogP contribution < -0.4 is 5.32 Å². The van der Waals surface area contributed by atoms with Gasteiger partial charge in [-0.05, 0) is 25.1 Å². The molecular formula is C20H17FN6O3. The number of aromatic nitrogens is 5. The largest absolute Gasteiger partial charge is 0.462 e. The van der Waals surface area contributed by atoms with Gasteiger partial charge in [0.25, 0.3) is 5.91 Å². The molecule has 1 aromatic carbocycles. The molecule has 0 bridgehead atoms. The molecule has 0 fully saturated rings. The maximum atomic E-state index is 13.5. The van der Waals surface area contributed by atoms with Crippen molar-refractivity contribution in [2.75, 3.05) is 11.9 Å². The topological polar surface area (TPSA) is 103 Å². The number of anilines is 1. The minimum Gasteiger partial charge on any atom is -0.462 e. The van der Waals surface area contributed by atoms with Gasteiger partial charge in [0.05, 0.1) is 12.8 Å². The lowest BCUT2D eigenvalue weighted by Gasteiger charge is -2.07. The molecule has 0 atom stereocenters. The molecule has 0 saturated carbocycles. The van der Waals surface area contributed by atoms with Gasteiger partial charge in [-0.15, -0.1) is 5.10 Å². The molecule has 9 nitrogen and oxygen atoms in total. The number of hydrogen-bond acceptors (Lipinski definition) is 6. The highest BCUT2D eigenvalue weighted by molar-refractivity contribution is 6.10. The van der Waals surface area contributed by atoms with Crippen molar-refractivity contribution < 1.29 is 18.7 Å². The summed E-state index contributed by atoms with van der Waals surface area (Å²) in [6, 6.07) is 9.23. The summed E-state index contributed by atoms with van der Waals surface area (Å²) in [6.07, 6.45) is 2.91. The fourth-order valence-electron chi connectivity index (χ4n) is 2.96. The number of carbonyl (C=O) groups is 2. The molecule has 1 N–H and O–H groups in total. The molecule has 0 spiro atoms. The van der Waals surface area contributed by atoms with Crippen molar-refractivity contribution in [1.29, 1.82) is 0 Å². The van der Waals surface area contributed by atoms with E-state index in [4.69, 9.17) is 4.74 Å². The van der Waals surface area contributed by atoms with Crippen molar-refractivity contribution in [3.8, 4) is 11.4 Å². The molecular weight excluding hydrogens is 391 g/mol. The standard InChI is InChI=1S/C20H17FN6O3/c1-3-30-20(29)15-11-22-26(2)17(15)19(28)23-14-7-8-27-16(10-14)24-18(25-27)12-5-4-6-13(21)9-12/h4-11H,3H2,1-2H3,(H,23,28). The number of nitrogens with zero attached hydrogens (tertiary/aromatic N) is 5. The number of nitrogens with one attached hydrogen (secondary N) is 1. The average Bonchev–Trinajstić information content (AvgIpc) is 3.31. The first-order chi connectivity index (χ1) is 14.5. The first-order valence-corrected chi connectivity index (χ1v) is 9.09. The number of pyridine rings is 1. The Morgan fingerprint density at radius 2 is 2.07 bits per heavy atom. The van der Waals surface area contributed by atoms with Gasteiger partial charge in [-0.3, -0.25) is 9.48 Å². The van der Waals surface area contributed by atoms with Crippen molar-refractivity contribution in [2.24, 2.45) is 7.05 Å². The third-order valence-electron chi connectivity index (χ3n) is 4.33. The number of carbonyl (C=O) groups excluding carboxylic acids is 2. The third-order valence-corrected chi connectivity index (χ3v) is 4.33. The summed E-state index contributed by atoms with van der Waals surface area (Å²) in [6.45, 7) is 1.87. The highest BCUT2D eigenvalue weighted by Crippen LogP contribution is 2.20. The summed E-state index contributed by atoms with van der Waals surface area (Å²) in [5.74, 6) is -1.17. The summed E-state index contributed by atoms with van der Waals surface area (Å²) in [4.78, 5) is 29.2. The van der Waals surface area contributed by atoms with E-state index in [2.05, 4.69) is 20.5 Å². The van der Waals surface area contributed by atoms with Gasteiger partial charge in [-0.2, -0.15) is 5.10 Å². The quantitative estimate of drug-likeness (QED) is 0.509. The lowest BCUT2D eigenvalue weighted by atomic mass is 10.2. The van der Waals surface area contributed by atoms with Crippen molar-refractivity contribution in [3.05, 3.63) is 65.9 Å². The van der Waals surface area contributed by atoms with Crippen LogP contribution in [0.4, 0.5) is 10.1 Å². The van der Waals surface area contributed by atoms with Crippen molar-refractivity contribution in [2.45, 2.75) is 6.92 Å². The Morgan fingerprint density at radius 3 is 2.83 bits per heavy atom. The second-order valence-corrected chi connectivity index (χ2v) is 6.37. The smallest absolute Gasteiger partial charge is 0.342 e. The second-order valence-electron chi connectivity index (χ2n) is 6.37. The normalized spacial score (nSPS) is 10.9. The molecule has 30 heavy (non-hydrogen) atoms. The molecule has 3 heterocycles. The summed E-state index contributed by atoms with van der Waals surface area (Å²) >= 11 is 0. The number of amides is 1. The first-order valence-electron chi connectivity index (χ1n) is 9.09. The number of halogens is 1. The predicted octanol–water partition coefficient (Wildman–Crippen LogP) is 2.70. The zero-order valence-corrected chi connectivity index (χ0v) is 16.2. The van der Waals surface area contributed by atoms with E-state index in [1.54, 1.807) is 44.4 Å².